The lowest BCUT2D eigenvalue weighted by molar-refractivity contribution is -0.108. The highest BCUT2D eigenvalue weighted by Crippen LogP contribution is 2.18. The van der Waals surface area contributed by atoms with E-state index in [1.54, 1.807) is 0 Å². The Morgan fingerprint density at radius 3 is 2.88 bits per heavy atom. The average molecular weight is 236 g/mol. The number of carbonyl (C=O) groups is 1. The number of ether oxygens (including phenoxy) is 1. The Morgan fingerprint density at radius 2 is 2.18 bits per heavy atom. The summed E-state index contributed by atoms with van der Waals surface area (Å²) in [5.74, 6) is 0. The average Bonchev–Trinajstić information content (AvgIpc) is 2.37. The molecule has 0 atom stereocenters. The number of aryl methyl sites for hydroxylation is 1. The largest absolute Gasteiger partial charge is 0.468 e. The van der Waals surface area contributed by atoms with E-state index in [2.05, 4.69) is 4.98 Å². The Morgan fingerprint density at radius 1 is 1.41 bits per heavy atom. The van der Waals surface area contributed by atoms with Gasteiger partial charge in [0.2, 0.25) is 0 Å². The third kappa shape index (κ3) is 2.23. The van der Waals surface area contributed by atoms with E-state index >= 15 is 0 Å². The maximum Gasteiger partial charge on any atom is 0.299 e. The van der Waals surface area contributed by atoms with Gasteiger partial charge >= 0.3 is 0 Å². The minimum atomic E-state index is -0.0478. The quantitative estimate of drug-likeness (QED) is 0.723. The van der Waals surface area contributed by atoms with Gasteiger partial charge in [-0.05, 0) is 25.7 Å². The topological polar surface area (TPSA) is 61.2 Å². The molecule has 1 aliphatic carbocycles. The van der Waals surface area contributed by atoms with Crippen molar-refractivity contribution in [2.45, 2.75) is 38.6 Å². The summed E-state index contributed by atoms with van der Waals surface area (Å²) in [6.45, 7) is 0.339. The van der Waals surface area contributed by atoms with Crippen LogP contribution in [-0.4, -0.2) is 22.9 Å². The van der Waals surface area contributed by atoms with E-state index in [4.69, 9.17) is 4.74 Å². The maximum atomic E-state index is 12.2. The van der Waals surface area contributed by atoms with E-state index in [0.717, 1.165) is 43.2 Å². The molecule has 0 saturated carbocycles. The lowest BCUT2D eigenvalue weighted by atomic mass is 9.97. The first-order chi connectivity index (χ1) is 8.27. The molecule has 0 radical (unpaired) electrons. The van der Waals surface area contributed by atoms with Crippen LogP contribution in [0.4, 0.5) is 0 Å². The lowest BCUT2D eigenvalue weighted by Crippen LogP contribution is -2.30. The van der Waals surface area contributed by atoms with E-state index in [0.29, 0.717) is 19.0 Å². The molecule has 0 aliphatic heterocycles. The fraction of sp³-hybridized carbons (Fsp3) is 0.583. The standard InChI is InChI=1S/C12H16N2O3/c1-17-12-13-10-6-3-2-5-9(10)11(16)14(12)7-4-8-15/h8H,2-7H2,1H3. The fourth-order valence-corrected chi connectivity index (χ4v) is 2.20. The molecule has 5 nitrogen and oxygen atoms in total. The SMILES string of the molecule is COc1nc2c(c(=O)n1CCC=O)CCCC2. The first-order valence-electron chi connectivity index (χ1n) is 5.88. The van der Waals surface area contributed by atoms with Gasteiger partial charge in [0, 0.05) is 18.5 Å². The van der Waals surface area contributed by atoms with Gasteiger partial charge in [0.05, 0.1) is 12.8 Å². The smallest absolute Gasteiger partial charge is 0.299 e. The van der Waals surface area contributed by atoms with Gasteiger partial charge in [-0.3, -0.25) is 9.36 Å². The van der Waals surface area contributed by atoms with Crippen molar-refractivity contribution in [1.29, 1.82) is 0 Å². The highest BCUT2D eigenvalue weighted by Gasteiger charge is 2.19. The second kappa shape index (κ2) is 5.12. The summed E-state index contributed by atoms with van der Waals surface area (Å²) in [5.41, 5.74) is 1.61. The Bertz CT molecular complexity index is 479. The van der Waals surface area contributed by atoms with Gasteiger partial charge in [0.1, 0.15) is 6.29 Å². The minimum absolute atomic E-state index is 0.0478. The molecule has 1 aromatic rings. The number of hydrogen-bond donors (Lipinski definition) is 0. The number of aldehydes is 1. The molecule has 1 heterocycles. The van der Waals surface area contributed by atoms with Crippen molar-refractivity contribution in [3.8, 4) is 6.01 Å². The highest BCUT2D eigenvalue weighted by atomic mass is 16.5. The van der Waals surface area contributed by atoms with Crippen molar-refractivity contribution < 1.29 is 9.53 Å². The van der Waals surface area contributed by atoms with E-state index in [-0.39, 0.29) is 5.56 Å². The molecule has 0 unspecified atom stereocenters. The van der Waals surface area contributed by atoms with Crippen LogP contribution in [0, 0.1) is 0 Å². The number of aromatic nitrogens is 2. The Balaban J connectivity index is 2.49. The first kappa shape index (κ1) is 11.8. The molecule has 1 aliphatic rings. The van der Waals surface area contributed by atoms with E-state index < -0.39 is 0 Å². The summed E-state index contributed by atoms with van der Waals surface area (Å²) < 4.78 is 6.58. The van der Waals surface area contributed by atoms with Crippen LogP contribution < -0.4 is 10.3 Å². The van der Waals surface area contributed by atoms with E-state index in [1.165, 1.54) is 11.7 Å². The van der Waals surface area contributed by atoms with Crippen LogP contribution in [0.2, 0.25) is 0 Å². The maximum absolute atomic E-state index is 12.2. The first-order valence-corrected chi connectivity index (χ1v) is 5.88. The molecule has 5 heteroatoms. The van der Waals surface area contributed by atoms with Gasteiger partial charge in [0.25, 0.3) is 11.6 Å². The van der Waals surface area contributed by atoms with Gasteiger partial charge < -0.3 is 9.53 Å². The summed E-state index contributed by atoms with van der Waals surface area (Å²) >= 11 is 0. The summed E-state index contributed by atoms with van der Waals surface area (Å²) in [4.78, 5) is 27.0. The number of fused-ring (bicyclic) bond motifs is 1. The van der Waals surface area contributed by atoms with Gasteiger partial charge in [-0.1, -0.05) is 0 Å². The normalized spacial score (nSPS) is 14.2. The van der Waals surface area contributed by atoms with Crippen LogP contribution in [0.5, 0.6) is 6.01 Å². The molecule has 0 fully saturated rings. The van der Waals surface area contributed by atoms with Crippen molar-refractivity contribution in [3.05, 3.63) is 21.6 Å². The summed E-state index contributed by atoms with van der Waals surface area (Å²) in [7, 11) is 1.49. The summed E-state index contributed by atoms with van der Waals surface area (Å²) in [5, 5.41) is 0. The van der Waals surface area contributed by atoms with Gasteiger partial charge in [-0.25, -0.2) is 4.98 Å². The molecule has 0 saturated heterocycles. The number of nitrogens with zero attached hydrogens (tertiary/aromatic N) is 2. The van der Waals surface area contributed by atoms with Crippen LogP contribution in [-0.2, 0) is 24.2 Å². The fourth-order valence-electron chi connectivity index (χ4n) is 2.20. The number of carbonyl (C=O) groups excluding carboxylic acids is 1. The predicted octanol–water partition coefficient (Wildman–Crippen LogP) is 0.720. The second-order valence-electron chi connectivity index (χ2n) is 4.14. The highest BCUT2D eigenvalue weighted by molar-refractivity contribution is 5.49. The molecule has 0 spiro atoms. The zero-order valence-electron chi connectivity index (χ0n) is 9.94. The van der Waals surface area contributed by atoms with E-state index in [1.807, 2.05) is 0 Å². The molecule has 0 N–H and O–H groups in total. The molecular weight excluding hydrogens is 220 g/mol. The molecule has 17 heavy (non-hydrogen) atoms. The zero-order chi connectivity index (χ0) is 12.3. The Hall–Kier alpha value is -1.65. The summed E-state index contributed by atoms with van der Waals surface area (Å²) in [6, 6.07) is 0.317. The third-order valence-corrected chi connectivity index (χ3v) is 3.06. The monoisotopic (exact) mass is 236 g/mol. The van der Waals surface area contributed by atoms with Crippen LogP contribution >= 0.6 is 0 Å². The van der Waals surface area contributed by atoms with Gasteiger partial charge in [0.15, 0.2) is 0 Å². The van der Waals surface area contributed by atoms with Crippen molar-refractivity contribution in [2.75, 3.05) is 7.11 Å². The van der Waals surface area contributed by atoms with Crippen LogP contribution in [0.1, 0.15) is 30.5 Å². The van der Waals surface area contributed by atoms with E-state index in [9.17, 15) is 9.59 Å². The van der Waals surface area contributed by atoms with Crippen LogP contribution in [0.15, 0.2) is 4.79 Å². The van der Waals surface area contributed by atoms with Gasteiger partial charge in [-0.2, -0.15) is 0 Å². The molecule has 92 valence electrons. The lowest BCUT2D eigenvalue weighted by Gasteiger charge is -2.18. The van der Waals surface area contributed by atoms with Crippen molar-refractivity contribution >= 4 is 6.29 Å². The van der Waals surface area contributed by atoms with Crippen molar-refractivity contribution in [3.63, 3.8) is 0 Å². The Kier molecular flexibility index (Phi) is 3.56. The molecule has 2 rings (SSSR count). The van der Waals surface area contributed by atoms with Gasteiger partial charge in [-0.15, -0.1) is 0 Å². The predicted molar refractivity (Wildman–Crippen MR) is 62.4 cm³/mol. The number of rotatable bonds is 4. The zero-order valence-corrected chi connectivity index (χ0v) is 9.94. The van der Waals surface area contributed by atoms with Crippen LogP contribution in [0.3, 0.4) is 0 Å². The second-order valence-corrected chi connectivity index (χ2v) is 4.14. The van der Waals surface area contributed by atoms with Crippen molar-refractivity contribution in [2.24, 2.45) is 0 Å². The molecule has 0 bridgehead atoms. The minimum Gasteiger partial charge on any atom is -0.468 e. The Labute approximate surface area is 99.4 Å². The van der Waals surface area contributed by atoms with Crippen molar-refractivity contribution in [1.82, 2.24) is 9.55 Å². The number of hydrogen-bond acceptors (Lipinski definition) is 4. The number of methoxy groups -OCH3 is 1. The molecule has 0 aromatic carbocycles. The molecule has 0 amide bonds. The summed E-state index contributed by atoms with van der Waals surface area (Å²) in [6.07, 6.45) is 4.83. The molecular formula is C12H16N2O3. The van der Waals surface area contributed by atoms with Crippen LogP contribution in [0.25, 0.3) is 0 Å². The third-order valence-electron chi connectivity index (χ3n) is 3.06. The molecule has 1 aromatic heterocycles.